The highest BCUT2D eigenvalue weighted by molar-refractivity contribution is 5.63. The van der Waals surface area contributed by atoms with Gasteiger partial charge in [-0.25, -0.2) is 4.98 Å². The molecule has 0 radical (unpaired) electrons. The van der Waals surface area contributed by atoms with Crippen LogP contribution in [-0.2, 0) is 7.05 Å². The van der Waals surface area contributed by atoms with Gasteiger partial charge in [-0.15, -0.1) is 0 Å². The van der Waals surface area contributed by atoms with Gasteiger partial charge in [-0.2, -0.15) is 0 Å². The molecule has 16 heavy (non-hydrogen) atoms. The topological polar surface area (TPSA) is 17.8 Å². The van der Waals surface area contributed by atoms with Gasteiger partial charge < -0.3 is 4.57 Å². The first-order chi connectivity index (χ1) is 7.61. The smallest absolute Gasteiger partial charge is 0.140 e. The van der Waals surface area contributed by atoms with Crippen molar-refractivity contribution in [3.8, 4) is 11.4 Å². The average molecular weight is 212 g/mol. The van der Waals surface area contributed by atoms with E-state index in [2.05, 4.69) is 43.6 Å². The van der Waals surface area contributed by atoms with E-state index in [1.807, 2.05) is 17.8 Å². The SMILES string of the molecule is C=Cc1cn(C)c(-c2ccc(C)cc2C)n1. The number of benzene rings is 1. The van der Waals surface area contributed by atoms with Crippen molar-refractivity contribution in [3.63, 3.8) is 0 Å². The van der Waals surface area contributed by atoms with Crippen molar-refractivity contribution in [2.45, 2.75) is 13.8 Å². The molecule has 1 aromatic carbocycles. The van der Waals surface area contributed by atoms with E-state index in [0.717, 1.165) is 11.5 Å². The Hall–Kier alpha value is -1.83. The summed E-state index contributed by atoms with van der Waals surface area (Å²) in [5.74, 6) is 0.993. The van der Waals surface area contributed by atoms with Crippen LogP contribution in [0.5, 0.6) is 0 Å². The number of aryl methyl sites for hydroxylation is 3. The van der Waals surface area contributed by atoms with Crippen LogP contribution in [0, 0.1) is 13.8 Å². The third-order valence-corrected chi connectivity index (χ3v) is 2.73. The summed E-state index contributed by atoms with van der Waals surface area (Å²) in [4.78, 5) is 4.53. The molecule has 0 fully saturated rings. The lowest BCUT2D eigenvalue weighted by atomic mass is 10.1. The summed E-state index contributed by atoms with van der Waals surface area (Å²) in [5.41, 5.74) is 4.63. The molecule has 0 aliphatic carbocycles. The standard InChI is InChI=1S/C14H16N2/c1-5-12-9-16(4)14(15-12)13-7-6-10(2)8-11(13)3/h5-9H,1H2,2-4H3. The first kappa shape index (κ1) is 10.7. The van der Waals surface area contributed by atoms with E-state index in [1.165, 1.54) is 16.7 Å². The number of rotatable bonds is 2. The summed E-state index contributed by atoms with van der Waals surface area (Å²) < 4.78 is 2.04. The van der Waals surface area contributed by atoms with Crippen LogP contribution in [0.2, 0.25) is 0 Å². The van der Waals surface area contributed by atoms with E-state index in [0.29, 0.717) is 0 Å². The van der Waals surface area contributed by atoms with Crippen molar-refractivity contribution in [1.82, 2.24) is 9.55 Å². The van der Waals surface area contributed by atoms with Gasteiger partial charge in [-0.1, -0.05) is 30.3 Å². The lowest BCUT2D eigenvalue weighted by Gasteiger charge is -2.06. The van der Waals surface area contributed by atoms with Crippen molar-refractivity contribution >= 4 is 6.08 Å². The zero-order valence-corrected chi connectivity index (χ0v) is 9.99. The van der Waals surface area contributed by atoms with Gasteiger partial charge in [0.2, 0.25) is 0 Å². The van der Waals surface area contributed by atoms with E-state index in [-0.39, 0.29) is 0 Å². The molecule has 0 bridgehead atoms. The molecule has 0 aliphatic rings. The van der Waals surface area contributed by atoms with Crippen LogP contribution in [-0.4, -0.2) is 9.55 Å². The summed E-state index contributed by atoms with van der Waals surface area (Å²) in [7, 11) is 2.01. The molecule has 0 saturated carbocycles. The fourth-order valence-electron chi connectivity index (χ4n) is 1.90. The maximum absolute atomic E-state index is 4.53. The van der Waals surface area contributed by atoms with Gasteiger partial charge in [0.25, 0.3) is 0 Å². The molecule has 2 nitrogen and oxygen atoms in total. The van der Waals surface area contributed by atoms with E-state index in [9.17, 15) is 0 Å². The monoisotopic (exact) mass is 212 g/mol. The van der Waals surface area contributed by atoms with Gasteiger partial charge in [0, 0.05) is 18.8 Å². The van der Waals surface area contributed by atoms with Crippen molar-refractivity contribution in [3.05, 3.63) is 47.8 Å². The van der Waals surface area contributed by atoms with Gasteiger partial charge in [-0.3, -0.25) is 0 Å². The molecular weight excluding hydrogens is 196 g/mol. The van der Waals surface area contributed by atoms with Crippen molar-refractivity contribution in [2.24, 2.45) is 7.05 Å². The number of hydrogen-bond donors (Lipinski definition) is 0. The van der Waals surface area contributed by atoms with Crippen LogP contribution in [0.25, 0.3) is 17.5 Å². The molecule has 0 atom stereocenters. The molecule has 0 amide bonds. The predicted octanol–water partition coefficient (Wildman–Crippen LogP) is 3.35. The van der Waals surface area contributed by atoms with Gasteiger partial charge in [0.05, 0.1) is 5.69 Å². The first-order valence-corrected chi connectivity index (χ1v) is 5.35. The third-order valence-electron chi connectivity index (χ3n) is 2.73. The largest absolute Gasteiger partial charge is 0.333 e. The lowest BCUT2D eigenvalue weighted by molar-refractivity contribution is 0.923. The van der Waals surface area contributed by atoms with Crippen molar-refractivity contribution in [1.29, 1.82) is 0 Å². The van der Waals surface area contributed by atoms with Crippen LogP contribution in [0.15, 0.2) is 31.0 Å². The molecule has 2 rings (SSSR count). The quantitative estimate of drug-likeness (QED) is 0.746. The molecule has 0 saturated heterocycles. The Morgan fingerprint density at radius 3 is 2.62 bits per heavy atom. The maximum Gasteiger partial charge on any atom is 0.140 e. The molecule has 1 heterocycles. The fraction of sp³-hybridized carbons (Fsp3) is 0.214. The molecule has 2 heteroatoms. The van der Waals surface area contributed by atoms with Crippen LogP contribution in [0.1, 0.15) is 16.8 Å². The summed E-state index contributed by atoms with van der Waals surface area (Å²) in [6.07, 6.45) is 3.76. The predicted molar refractivity (Wildman–Crippen MR) is 68.2 cm³/mol. The Kier molecular flexibility index (Phi) is 2.65. The second-order valence-corrected chi connectivity index (χ2v) is 4.12. The zero-order valence-electron chi connectivity index (χ0n) is 9.99. The molecule has 0 unspecified atom stereocenters. The molecular formula is C14H16N2. The van der Waals surface area contributed by atoms with Crippen LogP contribution >= 0.6 is 0 Å². The summed E-state index contributed by atoms with van der Waals surface area (Å²) in [6, 6.07) is 6.42. The van der Waals surface area contributed by atoms with Crippen LogP contribution in [0.3, 0.4) is 0 Å². The number of nitrogens with zero attached hydrogens (tertiary/aromatic N) is 2. The molecule has 0 N–H and O–H groups in total. The summed E-state index contributed by atoms with van der Waals surface area (Å²) in [5, 5.41) is 0. The van der Waals surface area contributed by atoms with E-state index in [1.54, 1.807) is 6.08 Å². The minimum Gasteiger partial charge on any atom is -0.333 e. The van der Waals surface area contributed by atoms with E-state index >= 15 is 0 Å². The fourth-order valence-corrected chi connectivity index (χ4v) is 1.90. The average Bonchev–Trinajstić information content (AvgIpc) is 2.60. The zero-order chi connectivity index (χ0) is 11.7. The number of imidazole rings is 1. The second-order valence-electron chi connectivity index (χ2n) is 4.12. The number of hydrogen-bond acceptors (Lipinski definition) is 1. The van der Waals surface area contributed by atoms with Crippen LogP contribution < -0.4 is 0 Å². The molecule has 1 aromatic heterocycles. The Morgan fingerprint density at radius 2 is 2.06 bits per heavy atom. The second kappa shape index (κ2) is 3.97. The van der Waals surface area contributed by atoms with Gasteiger partial charge in [0.1, 0.15) is 5.82 Å². The molecule has 82 valence electrons. The molecule has 0 aliphatic heterocycles. The van der Waals surface area contributed by atoms with E-state index in [4.69, 9.17) is 0 Å². The van der Waals surface area contributed by atoms with Gasteiger partial charge in [0.15, 0.2) is 0 Å². The Balaban J connectivity index is 2.57. The lowest BCUT2D eigenvalue weighted by Crippen LogP contribution is -1.93. The number of aromatic nitrogens is 2. The highest BCUT2D eigenvalue weighted by Crippen LogP contribution is 2.23. The highest BCUT2D eigenvalue weighted by Gasteiger charge is 2.08. The van der Waals surface area contributed by atoms with Crippen molar-refractivity contribution in [2.75, 3.05) is 0 Å². The van der Waals surface area contributed by atoms with Crippen LogP contribution in [0.4, 0.5) is 0 Å². The highest BCUT2D eigenvalue weighted by atomic mass is 15.0. The minimum absolute atomic E-state index is 0.914. The minimum atomic E-state index is 0.914. The van der Waals surface area contributed by atoms with E-state index < -0.39 is 0 Å². The Labute approximate surface area is 96.3 Å². The molecule has 2 aromatic rings. The Bertz CT molecular complexity index is 536. The normalized spacial score (nSPS) is 10.4. The summed E-state index contributed by atoms with van der Waals surface area (Å²) in [6.45, 7) is 7.96. The van der Waals surface area contributed by atoms with Gasteiger partial charge >= 0.3 is 0 Å². The maximum atomic E-state index is 4.53. The summed E-state index contributed by atoms with van der Waals surface area (Å²) >= 11 is 0. The third kappa shape index (κ3) is 1.78. The molecule has 0 spiro atoms. The first-order valence-electron chi connectivity index (χ1n) is 5.35. The van der Waals surface area contributed by atoms with Gasteiger partial charge in [-0.05, 0) is 25.5 Å². The Morgan fingerprint density at radius 1 is 1.31 bits per heavy atom. The van der Waals surface area contributed by atoms with Crippen molar-refractivity contribution < 1.29 is 0 Å².